The van der Waals surface area contributed by atoms with Crippen molar-refractivity contribution < 1.29 is 30.6 Å². The minimum absolute atomic E-state index is 0. The Labute approximate surface area is 329 Å². The van der Waals surface area contributed by atoms with Crippen LogP contribution in [0.15, 0.2) is 156 Å². The second-order valence-corrected chi connectivity index (χ2v) is 13.7. The standard InChI is InChI=1S/C49H35N2O2.Pt/c1-30-22-31(2)24-36(23-30)37-27-45(51-46(28-37)43-16-7-8-21-47(43)52)35-15-9-14-34(26-35)44-29-38(25-32(3)50-44)40-18-11-20-42-41-19-10-17-39(48(41)53-49(40)42)33-12-5-4-6-13-33;/h4-25,27-29,52H,1-3H3;/q-1;. The van der Waals surface area contributed by atoms with Gasteiger partial charge in [-0.3, -0.25) is 9.97 Å². The molecule has 0 aliphatic rings. The molecule has 0 saturated heterocycles. The first-order chi connectivity index (χ1) is 25.9. The van der Waals surface area contributed by atoms with Crippen molar-refractivity contribution in [3.05, 3.63) is 175 Å². The molecule has 6 aromatic carbocycles. The molecule has 9 rings (SSSR count). The van der Waals surface area contributed by atoms with E-state index in [-0.39, 0.29) is 26.8 Å². The van der Waals surface area contributed by atoms with Crippen LogP contribution >= 0.6 is 0 Å². The first kappa shape index (κ1) is 35.0. The molecule has 0 atom stereocenters. The van der Waals surface area contributed by atoms with E-state index in [0.29, 0.717) is 11.3 Å². The molecule has 0 bridgehead atoms. The molecule has 264 valence electrons. The molecule has 0 fully saturated rings. The normalized spacial score (nSPS) is 11.2. The number of phenolic OH excluding ortho intramolecular Hbond substituents is 1. The summed E-state index contributed by atoms with van der Waals surface area (Å²) in [5.41, 5.74) is 16.0. The molecule has 3 aromatic heterocycles. The van der Waals surface area contributed by atoms with Gasteiger partial charge in [-0.1, -0.05) is 131 Å². The number of benzene rings is 6. The second-order valence-electron chi connectivity index (χ2n) is 13.7. The number of phenols is 1. The number of aromatic nitrogens is 2. The zero-order chi connectivity index (χ0) is 36.1. The number of rotatable bonds is 6. The van der Waals surface area contributed by atoms with Crippen LogP contribution < -0.4 is 0 Å². The maximum Gasteiger partial charge on any atom is 0.143 e. The predicted octanol–water partition coefficient (Wildman–Crippen LogP) is 12.8. The largest absolute Gasteiger partial charge is 0.507 e. The van der Waals surface area contributed by atoms with Gasteiger partial charge in [0.1, 0.15) is 16.9 Å². The monoisotopic (exact) mass is 878 g/mol. The van der Waals surface area contributed by atoms with E-state index >= 15 is 0 Å². The number of hydrogen-bond donors (Lipinski definition) is 1. The molecule has 0 spiro atoms. The molecule has 0 aliphatic carbocycles. The van der Waals surface area contributed by atoms with Crippen LogP contribution in [0.25, 0.3) is 89.1 Å². The van der Waals surface area contributed by atoms with Gasteiger partial charge < -0.3 is 9.52 Å². The fourth-order valence-electron chi connectivity index (χ4n) is 7.43. The van der Waals surface area contributed by atoms with Crippen LogP contribution in [0.2, 0.25) is 0 Å². The van der Waals surface area contributed by atoms with E-state index in [1.165, 1.54) is 11.1 Å². The van der Waals surface area contributed by atoms with Crippen molar-refractivity contribution >= 4 is 21.9 Å². The third-order valence-electron chi connectivity index (χ3n) is 9.78. The first-order valence-corrected chi connectivity index (χ1v) is 17.8. The van der Waals surface area contributed by atoms with Crippen LogP contribution in [0.3, 0.4) is 0 Å². The molecule has 3 heterocycles. The summed E-state index contributed by atoms with van der Waals surface area (Å²) >= 11 is 0. The van der Waals surface area contributed by atoms with Crippen LogP contribution in [-0.4, -0.2) is 15.1 Å². The van der Waals surface area contributed by atoms with Gasteiger partial charge in [0, 0.05) is 65.6 Å². The van der Waals surface area contributed by atoms with E-state index in [9.17, 15) is 5.11 Å². The summed E-state index contributed by atoms with van der Waals surface area (Å²) in [5.74, 6) is 0.188. The summed E-state index contributed by atoms with van der Waals surface area (Å²) in [6.45, 7) is 6.25. The van der Waals surface area contributed by atoms with Crippen LogP contribution in [0, 0.1) is 26.8 Å². The Bertz CT molecular complexity index is 2820. The summed E-state index contributed by atoms with van der Waals surface area (Å²) < 4.78 is 6.75. The van der Waals surface area contributed by atoms with E-state index in [4.69, 9.17) is 14.4 Å². The van der Waals surface area contributed by atoms with E-state index in [1.807, 2.05) is 55.5 Å². The average molecular weight is 879 g/mol. The van der Waals surface area contributed by atoms with Gasteiger partial charge >= 0.3 is 0 Å². The third kappa shape index (κ3) is 6.55. The zero-order valence-corrected chi connectivity index (χ0v) is 32.3. The van der Waals surface area contributed by atoms with Gasteiger partial charge in [0.25, 0.3) is 0 Å². The number of nitrogens with zero attached hydrogens (tertiary/aromatic N) is 2. The zero-order valence-electron chi connectivity index (χ0n) is 30.0. The maximum absolute atomic E-state index is 10.8. The Morgan fingerprint density at radius 3 is 1.69 bits per heavy atom. The topological polar surface area (TPSA) is 59.2 Å². The van der Waals surface area contributed by atoms with E-state index in [1.54, 1.807) is 6.07 Å². The van der Waals surface area contributed by atoms with Crippen molar-refractivity contribution in [3.63, 3.8) is 0 Å². The SMILES string of the molecule is Cc1cc(C)cc(-c2cc(-c3[c-]c(-c4cc(-c5cccc6c5oc5c(-c7ccccc7)cccc56)cc(C)n4)ccc3)nc(-c3ccccc3O)c2)c1.[Pt]. The number of pyridine rings is 2. The quantitative estimate of drug-likeness (QED) is 0.169. The smallest absolute Gasteiger partial charge is 0.143 e. The molecular weight excluding hydrogens is 844 g/mol. The number of aromatic hydroxyl groups is 1. The van der Waals surface area contributed by atoms with Crippen molar-refractivity contribution in [2.24, 2.45) is 0 Å². The van der Waals surface area contributed by atoms with Crippen molar-refractivity contribution in [2.75, 3.05) is 0 Å². The van der Waals surface area contributed by atoms with Crippen LogP contribution in [-0.2, 0) is 21.1 Å². The summed E-state index contributed by atoms with van der Waals surface area (Å²) in [5, 5.41) is 13.0. The maximum atomic E-state index is 10.8. The third-order valence-corrected chi connectivity index (χ3v) is 9.78. The number of aryl methyl sites for hydroxylation is 3. The molecule has 0 unspecified atom stereocenters. The Morgan fingerprint density at radius 2 is 1.00 bits per heavy atom. The average Bonchev–Trinajstić information content (AvgIpc) is 3.57. The molecule has 4 nitrogen and oxygen atoms in total. The number of hydrogen-bond acceptors (Lipinski definition) is 4. The van der Waals surface area contributed by atoms with Crippen molar-refractivity contribution in [2.45, 2.75) is 20.8 Å². The number of para-hydroxylation sites is 3. The predicted molar refractivity (Wildman–Crippen MR) is 217 cm³/mol. The molecule has 0 amide bonds. The van der Waals surface area contributed by atoms with Crippen LogP contribution in [0.4, 0.5) is 0 Å². The molecule has 0 saturated carbocycles. The van der Waals surface area contributed by atoms with Gasteiger partial charge in [-0.2, -0.15) is 0 Å². The molecule has 0 radical (unpaired) electrons. The van der Waals surface area contributed by atoms with Crippen LogP contribution in [0.1, 0.15) is 16.8 Å². The summed E-state index contributed by atoms with van der Waals surface area (Å²) in [4.78, 5) is 10.1. The van der Waals surface area contributed by atoms with Gasteiger partial charge in [-0.25, -0.2) is 0 Å². The van der Waals surface area contributed by atoms with Crippen molar-refractivity contribution in [1.82, 2.24) is 9.97 Å². The number of furan rings is 1. The first-order valence-electron chi connectivity index (χ1n) is 17.8. The minimum Gasteiger partial charge on any atom is -0.507 e. The van der Waals surface area contributed by atoms with E-state index < -0.39 is 0 Å². The molecule has 5 heteroatoms. The Morgan fingerprint density at radius 1 is 0.463 bits per heavy atom. The summed E-state index contributed by atoms with van der Waals surface area (Å²) in [6.07, 6.45) is 0. The van der Waals surface area contributed by atoms with E-state index in [2.05, 4.69) is 117 Å². The summed E-state index contributed by atoms with van der Waals surface area (Å²) in [6, 6.07) is 55.1. The van der Waals surface area contributed by atoms with Gasteiger partial charge in [0.2, 0.25) is 0 Å². The fourth-order valence-corrected chi connectivity index (χ4v) is 7.43. The fraction of sp³-hybridized carbons (Fsp3) is 0.0612. The Balaban J connectivity index is 0.00000413. The minimum atomic E-state index is 0. The van der Waals surface area contributed by atoms with E-state index in [0.717, 1.165) is 83.5 Å². The van der Waals surface area contributed by atoms with Gasteiger partial charge in [0.05, 0.1) is 5.69 Å². The molecule has 1 N–H and O–H groups in total. The molecule has 54 heavy (non-hydrogen) atoms. The molecule has 9 aromatic rings. The number of fused-ring (bicyclic) bond motifs is 3. The summed E-state index contributed by atoms with van der Waals surface area (Å²) in [7, 11) is 0. The Kier molecular flexibility index (Phi) is 9.31. The van der Waals surface area contributed by atoms with Crippen molar-refractivity contribution in [3.8, 4) is 72.9 Å². The van der Waals surface area contributed by atoms with Gasteiger partial charge in [0.15, 0.2) is 0 Å². The molecular formula is C49H35N2O2Pt-. The second kappa shape index (κ2) is 14.4. The van der Waals surface area contributed by atoms with Crippen molar-refractivity contribution in [1.29, 1.82) is 0 Å². The molecule has 0 aliphatic heterocycles. The Hall–Kier alpha value is -6.09. The van der Waals surface area contributed by atoms with Gasteiger partial charge in [-0.05, 0) is 67.3 Å². The van der Waals surface area contributed by atoms with Crippen LogP contribution in [0.5, 0.6) is 5.75 Å². The van der Waals surface area contributed by atoms with Gasteiger partial charge in [-0.15, -0.1) is 24.3 Å².